The standard InChI is InChI=1S/C20H18ClF3N4O3S/c1-30-12-6-5-10(8-13(12)31-2)25-19(29)17-16(21)18-26-11(14-4-3-7-32-14)9-15(20(22,23)24)28(18)27-17/h3-8,11,15,26H,9H2,1-2H3,(H,25,29)/t11-,15-/m0/s1. The quantitative estimate of drug-likeness (QED) is 0.496. The number of nitrogens with one attached hydrogen (secondary N) is 2. The smallest absolute Gasteiger partial charge is 0.410 e. The van der Waals surface area contributed by atoms with Gasteiger partial charge in [0.25, 0.3) is 5.91 Å². The Bertz CT molecular complexity index is 1130. The van der Waals surface area contributed by atoms with Crippen LogP contribution < -0.4 is 20.1 Å². The molecule has 2 N–H and O–H groups in total. The molecule has 0 aliphatic carbocycles. The summed E-state index contributed by atoms with van der Waals surface area (Å²) in [4.78, 5) is 13.6. The van der Waals surface area contributed by atoms with Gasteiger partial charge < -0.3 is 20.1 Å². The number of carbonyl (C=O) groups excluding carboxylic acids is 1. The third kappa shape index (κ3) is 4.09. The second kappa shape index (κ2) is 8.55. The highest BCUT2D eigenvalue weighted by molar-refractivity contribution is 7.10. The van der Waals surface area contributed by atoms with Crippen LogP contribution in [0.15, 0.2) is 35.7 Å². The van der Waals surface area contributed by atoms with Gasteiger partial charge in [-0.1, -0.05) is 17.7 Å². The van der Waals surface area contributed by atoms with E-state index in [1.54, 1.807) is 29.6 Å². The maximum absolute atomic E-state index is 13.8. The molecule has 7 nitrogen and oxygen atoms in total. The number of halogens is 4. The molecule has 0 saturated carbocycles. The fourth-order valence-electron chi connectivity index (χ4n) is 3.51. The van der Waals surface area contributed by atoms with Crippen LogP contribution in [0.5, 0.6) is 11.5 Å². The van der Waals surface area contributed by atoms with Crippen LogP contribution in [0, 0.1) is 0 Å². The predicted molar refractivity (Wildman–Crippen MR) is 115 cm³/mol. The molecule has 32 heavy (non-hydrogen) atoms. The third-order valence-corrected chi connectivity index (χ3v) is 6.38. The molecule has 1 amide bonds. The first-order valence-corrected chi connectivity index (χ1v) is 10.7. The Hall–Kier alpha value is -2.92. The summed E-state index contributed by atoms with van der Waals surface area (Å²) in [6.45, 7) is 0. The SMILES string of the molecule is COc1ccc(NC(=O)c2nn3c(c2Cl)N[C@H](c2cccs2)C[C@H]3C(F)(F)F)cc1OC. The minimum absolute atomic E-state index is 0.0453. The van der Waals surface area contributed by atoms with E-state index in [4.69, 9.17) is 21.1 Å². The first-order valence-electron chi connectivity index (χ1n) is 9.41. The van der Waals surface area contributed by atoms with Crippen LogP contribution in [0.1, 0.15) is 33.9 Å². The van der Waals surface area contributed by atoms with Crippen molar-refractivity contribution < 1.29 is 27.4 Å². The van der Waals surface area contributed by atoms with Crippen LogP contribution in [0.2, 0.25) is 5.02 Å². The highest BCUT2D eigenvalue weighted by Gasteiger charge is 2.48. The zero-order chi connectivity index (χ0) is 23.0. The summed E-state index contributed by atoms with van der Waals surface area (Å²) in [5.41, 5.74) is 0.0245. The number of nitrogens with zero attached hydrogens (tertiary/aromatic N) is 2. The van der Waals surface area contributed by atoms with E-state index in [0.717, 1.165) is 9.56 Å². The van der Waals surface area contributed by atoms with Gasteiger partial charge in [-0.25, -0.2) is 4.68 Å². The summed E-state index contributed by atoms with van der Waals surface area (Å²) < 4.78 is 52.6. The van der Waals surface area contributed by atoms with E-state index >= 15 is 0 Å². The Morgan fingerprint density at radius 1 is 1.28 bits per heavy atom. The summed E-state index contributed by atoms with van der Waals surface area (Å²) in [7, 11) is 2.91. The van der Waals surface area contributed by atoms with E-state index < -0.39 is 24.2 Å². The maximum atomic E-state index is 13.8. The fraction of sp³-hybridized carbons (Fsp3) is 0.300. The van der Waals surface area contributed by atoms with Crippen molar-refractivity contribution in [1.29, 1.82) is 0 Å². The van der Waals surface area contributed by atoms with E-state index in [9.17, 15) is 18.0 Å². The molecule has 4 rings (SSSR count). The second-order valence-corrected chi connectivity index (χ2v) is 8.34. The highest BCUT2D eigenvalue weighted by Crippen LogP contribution is 2.47. The van der Waals surface area contributed by atoms with Gasteiger partial charge in [0, 0.05) is 23.1 Å². The van der Waals surface area contributed by atoms with Gasteiger partial charge in [-0.3, -0.25) is 4.79 Å². The molecule has 12 heteroatoms. The molecule has 170 valence electrons. The van der Waals surface area contributed by atoms with Crippen molar-refractivity contribution in [2.75, 3.05) is 24.9 Å². The zero-order valence-electron chi connectivity index (χ0n) is 16.9. The predicted octanol–water partition coefficient (Wildman–Crippen LogP) is 5.53. The molecule has 0 radical (unpaired) electrons. The topological polar surface area (TPSA) is 77.4 Å². The van der Waals surface area contributed by atoms with Crippen molar-refractivity contribution in [3.8, 4) is 11.5 Å². The van der Waals surface area contributed by atoms with Gasteiger partial charge >= 0.3 is 6.18 Å². The Kier molecular flexibility index (Phi) is 5.95. The molecule has 2 aromatic heterocycles. The fourth-order valence-corrected chi connectivity index (χ4v) is 4.57. The van der Waals surface area contributed by atoms with Gasteiger partial charge in [-0.15, -0.1) is 11.3 Å². The lowest BCUT2D eigenvalue weighted by molar-refractivity contribution is -0.173. The largest absolute Gasteiger partial charge is 0.493 e. The lowest BCUT2D eigenvalue weighted by Crippen LogP contribution is -2.35. The van der Waals surface area contributed by atoms with Crippen molar-refractivity contribution >= 4 is 40.4 Å². The molecule has 1 aromatic carbocycles. The van der Waals surface area contributed by atoms with E-state index in [1.165, 1.54) is 31.6 Å². The number of rotatable bonds is 5. The number of anilines is 2. The number of ether oxygens (including phenoxy) is 2. The van der Waals surface area contributed by atoms with Gasteiger partial charge in [-0.2, -0.15) is 18.3 Å². The molecule has 0 fully saturated rings. The van der Waals surface area contributed by atoms with Gasteiger partial charge in [-0.05, 0) is 23.6 Å². The molecule has 0 bridgehead atoms. The molecular weight excluding hydrogens is 469 g/mol. The number of benzene rings is 1. The van der Waals surface area contributed by atoms with Crippen molar-refractivity contribution in [3.05, 3.63) is 51.3 Å². The van der Waals surface area contributed by atoms with E-state index in [2.05, 4.69) is 15.7 Å². The van der Waals surface area contributed by atoms with Crippen LogP contribution >= 0.6 is 22.9 Å². The molecule has 0 saturated heterocycles. The minimum Gasteiger partial charge on any atom is -0.493 e. The first-order chi connectivity index (χ1) is 15.2. The molecular formula is C20H18ClF3N4O3S. The Morgan fingerprint density at radius 2 is 2.03 bits per heavy atom. The minimum atomic E-state index is -4.57. The zero-order valence-corrected chi connectivity index (χ0v) is 18.4. The van der Waals surface area contributed by atoms with Crippen LogP contribution in [-0.2, 0) is 0 Å². The van der Waals surface area contributed by atoms with Crippen molar-refractivity contribution in [2.24, 2.45) is 0 Å². The molecule has 1 aliphatic rings. The number of amides is 1. The Labute approximate surface area is 190 Å². The number of fused-ring (bicyclic) bond motifs is 1. The Balaban J connectivity index is 1.67. The molecule has 2 atom stereocenters. The number of carbonyl (C=O) groups is 1. The van der Waals surface area contributed by atoms with Crippen LogP contribution in [0.4, 0.5) is 24.7 Å². The van der Waals surface area contributed by atoms with Crippen molar-refractivity contribution in [3.63, 3.8) is 0 Å². The third-order valence-electron chi connectivity index (χ3n) is 5.04. The van der Waals surface area contributed by atoms with Crippen LogP contribution in [-0.4, -0.2) is 36.1 Å². The lowest BCUT2D eigenvalue weighted by atomic mass is 10.0. The molecule has 0 spiro atoms. The number of thiophene rings is 1. The van der Waals surface area contributed by atoms with Gasteiger partial charge in [0.1, 0.15) is 10.8 Å². The maximum Gasteiger partial charge on any atom is 0.410 e. The summed E-state index contributed by atoms with van der Waals surface area (Å²) in [5, 5.41) is 11.1. The number of methoxy groups -OCH3 is 2. The summed E-state index contributed by atoms with van der Waals surface area (Å²) in [6, 6.07) is 5.65. The second-order valence-electron chi connectivity index (χ2n) is 6.99. The van der Waals surface area contributed by atoms with Crippen molar-refractivity contribution in [1.82, 2.24) is 9.78 Å². The van der Waals surface area contributed by atoms with E-state index in [-0.39, 0.29) is 23.0 Å². The lowest BCUT2D eigenvalue weighted by Gasteiger charge is -2.32. The van der Waals surface area contributed by atoms with Gasteiger partial charge in [0.2, 0.25) is 0 Å². The molecule has 3 aromatic rings. The van der Waals surface area contributed by atoms with Gasteiger partial charge in [0.15, 0.2) is 23.2 Å². The van der Waals surface area contributed by atoms with E-state index in [0.29, 0.717) is 17.2 Å². The first kappa shape index (κ1) is 22.3. The summed E-state index contributed by atoms with van der Waals surface area (Å²) in [5.74, 6) is 0.0339. The number of alkyl halides is 3. The van der Waals surface area contributed by atoms with Crippen LogP contribution in [0.3, 0.4) is 0 Å². The van der Waals surface area contributed by atoms with Crippen LogP contribution in [0.25, 0.3) is 0 Å². The normalized spacial score (nSPS) is 17.9. The molecule has 1 aliphatic heterocycles. The number of hydrogen-bond acceptors (Lipinski definition) is 6. The number of aromatic nitrogens is 2. The summed E-state index contributed by atoms with van der Waals surface area (Å²) in [6.07, 6.45) is -4.84. The van der Waals surface area contributed by atoms with E-state index in [1.807, 2.05) is 0 Å². The Morgan fingerprint density at radius 3 is 2.66 bits per heavy atom. The average molecular weight is 487 g/mol. The highest BCUT2D eigenvalue weighted by atomic mass is 35.5. The van der Waals surface area contributed by atoms with Gasteiger partial charge in [0.05, 0.1) is 20.3 Å². The molecule has 3 heterocycles. The average Bonchev–Trinajstić information content (AvgIpc) is 3.41. The monoisotopic (exact) mass is 486 g/mol. The summed E-state index contributed by atoms with van der Waals surface area (Å²) >= 11 is 7.68. The molecule has 0 unspecified atom stereocenters. The number of hydrogen-bond donors (Lipinski definition) is 2. The van der Waals surface area contributed by atoms with Crippen molar-refractivity contribution in [2.45, 2.75) is 24.7 Å².